The molecule has 2 aromatic carbocycles. The summed E-state index contributed by atoms with van der Waals surface area (Å²) in [6, 6.07) is 12.7. The SMILES string of the molecule is CCCCCCCNC1c2ccccc2N(C)S(=O)(=O)c2cc(Cl)ccc21.O=C=O. The van der Waals surface area contributed by atoms with Crippen molar-refractivity contribution < 1.29 is 18.0 Å². The first-order chi connectivity index (χ1) is 14.4. The minimum Gasteiger partial charge on any atom is -0.306 e. The van der Waals surface area contributed by atoms with Crippen LogP contribution in [-0.4, -0.2) is 28.2 Å². The number of unbranched alkanes of at least 4 members (excludes halogenated alkanes) is 4. The van der Waals surface area contributed by atoms with Gasteiger partial charge in [-0.05, 0) is 42.3 Å². The maximum atomic E-state index is 13.2. The smallest absolute Gasteiger partial charge is 0.306 e. The summed E-state index contributed by atoms with van der Waals surface area (Å²) in [4.78, 5) is 16.5. The number of fused-ring (bicyclic) bond motifs is 2. The quantitative estimate of drug-likeness (QED) is 0.626. The lowest BCUT2D eigenvalue weighted by Gasteiger charge is -2.22. The zero-order valence-corrected chi connectivity index (χ0v) is 18.8. The van der Waals surface area contributed by atoms with Crippen LogP contribution in [0.25, 0.3) is 0 Å². The normalized spacial score (nSPS) is 16.4. The van der Waals surface area contributed by atoms with Crippen molar-refractivity contribution in [3.63, 3.8) is 0 Å². The Morgan fingerprint density at radius 1 is 1.03 bits per heavy atom. The number of para-hydroxylation sites is 1. The number of hydrogen-bond donors (Lipinski definition) is 1. The lowest BCUT2D eigenvalue weighted by molar-refractivity contribution is -0.191. The molecule has 1 atom stereocenters. The van der Waals surface area contributed by atoms with Crippen LogP contribution in [-0.2, 0) is 19.6 Å². The van der Waals surface area contributed by atoms with E-state index in [0.29, 0.717) is 10.7 Å². The molecule has 2 aromatic rings. The summed E-state index contributed by atoms with van der Waals surface area (Å²) in [5, 5.41) is 4.02. The van der Waals surface area contributed by atoms with E-state index in [0.717, 1.165) is 24.1 Å². The molecule has 0 aliphatic carbocycles. The highest BCUT2D eigenvalue weighted by molar-refractivity contribution is 7.92. The number of rotatable bonds is 7. The van der Waals surface area contributed by atoms with Crippen molar-refractivity contribution in [2.24, 2.45) is 0 Å². The molecule has 30 heavy (non-hydrogen) atoms. The third kappa shape index (κ3) is 5.49. The van der Waals surface area contributed by atoms with E-state index in [9.17, 15) is 8.42 Å². The van der Waals surface area contributed by atoms with Gasteiger partial charge in [-0.1, -0.05) is 68.5 Å². The van der Waals surface area contributed by atoms with Crippen LogP contribution in [0.4, 0.5) is 5.69 Å². The monoisotopic (exact) mass is 450 g/mol. The van der Waals surface area contributed by atoms with E-state index < -0.39 is 10.0 Å². The van der Waals surface area contributed by atoms with E-state index >= 15 is 0 Å². The van der Waals surface area contributed by atoms with E-state index in [1.807, 2.05) is 30.3 Å². The maximum Gasteiger partial charge on any atom is 0.373 e. The zero-order chi connectivity index (χ0) is 22.1. The Balaban J connectivity index is 0.00000101. The zero-order valence-electron chi connectivity index (χ0n) is 17.2. The number of nitrogens with one attached hydrogen (secondary N) is 1. The third-order valence-electron chi connectivity index (χ3n) is 5.14. The van der Waals surface area contributed by atoms with Gasteiger partial charge in [-0.2, -0.15) is 9.59 Å². The van der Waals surface area contributed by atoms with E-state index in [2.05, 4.69) is 12.2 Å². The van der Waals surface area contributed by atoms with Crippen molar-refractivity contribution in [2.75, 3.05) is 17.9 Å². The number of benzene rings is 2. The number of halogens is 1. The summed E-state index contributed by atoms with van der Waals surface area (Å²) in [7, 11) is -2.06. The van der Waals surface area contributed by atoms with Crippen molar-refractivity contribution in [1.29, 1.82) is 0 Å². The number of hydrogen-bond acceptors (Lipinski definition) is 5. The van der Waals surface area contributed by atoms with Crippen molar-refractivity contribution in [2.45, 2.75) is 50.0 Å². The minimum atomic E-state index is -3.66. The Kier molecular flexibility index (Phi) is 9.06. The van der Waals surface area contributed by atoms with Crippen LogP contribution in [0, 0.1) is 0 Å². The van der Waals surface area contributed by atoms with Gasteiger partial charge in [0.2, 0.25) is 0 Å². The highest BCUT2D eigenvalue weighted by Gasteiger charge is 2.34. The molecule has 0 saturated carbocycles. The van der Waals surface area contributed by atoms with Gasteiger partial charge >= 0.3 is 6.15 Å². The summed E-state index contributed by atoms with van der Waals surface area (Å²) in [5.41, 5.74) is 2.43. The molecule has 1 aliphatic rings. The molecule has 1 aliphatic heterocycles. The lowest BCUT2D eigenvalue weighted by atomic mass is 9.96. The number of nitrogens with zero attached hydrogens (tertiary/aromatic N) is 1. The molecule has 6 nitrogen and oxygen atoms in total. The first-order valence-electron chi connectivity index (χ1n) is 9.98. The van der Waals surface area contributed by atoms with E-state index in [4.69, 9.17) is 21.2 Å². The average Bonchev–Trinajstić information content (AvgIpc) is 2.79. The topological polar surface area (TPSA) is 83.6 Å². The lowest BCUT2D eigenvalue weighted by Crippen LogP contribution is -2.26. The van der Waals surface area contributed by atoms with E-state index in [-0.39, 0.29) is 17.1 Å². The van der Waals surface area contributed by atoms with Gasteiger partial charge in [0.25, 0.3) is 10.0 Å². The summed E-state index contributed by atoms with van der Waals surface area (Å²) >= 11 is 6.14. The second-order valence-corrected chi connectivity index (χ2v) is 9.47. The van der Waals surface area contributed by atoms with Gasteiger partial charge in [0, 0.05) is 12.1 Å². The van der Waals surface area contributed by atoms with Gasteiger partial charge in [-0.3, -0.25) is 4.31 Å². The Bertz CT molecular complexity index is 988. The first-order valence-corrected chi connectivity index (χ1v) is 11.8. The molecule has 1 N–H and O–H groups in total. The molecular formula is C22H27ClN2O4S. The van der Waals surface area contributed by atoms with E-state index in [1.165, 1.54) is 30.0 Å². The molecule has 0 aromatic heterocycles. The Morgan fingerprint density at radius 3 is 2.40 bits per heavy atom. The fourth-order valence-corrected chi connectivity index (χ4v) is 5.34. The second-order valence-electron chi connectivity index (χ2n) is 7.10. The third-order valence-corrected chi connectivity index (χ3v) is 7.20. The van der Waals surface area contributed by atoms with Gasteiger partial charge in [-0.15, -0.1) is 0 Å². The van der Waals surface area contributed by atoms with Gasteiger partial charge in [0.05, 0.1) is 16.6 Å². The molecule has 0 saturated heterocycles. The Labute approximate surface area is 183 Å². The van der Waals surface area contributed by atoms with Gasteiger partial charge in [-0.25, -0.2) is 8.42 Å². The van der Waals surface area contributed by atoms with Crippen LogP contribution in [0.15, 0.2) is 47.4 Å². The summed E-state index contributed by atoms with van der Waals surface area (Å²) in [5.74, 6) is 0. The molecule has 3 rings (SSSR count). The molecule has 0 radical (unpaired) electrons. The van der Waals surface area contributed by atoms with Crippen LogP contribution in [0.5, 0.6) is 0 Å². The standard InChI is InChI=1S/C21H27ClN2O2S.CO2/c1-3-4-5-6-9-14-23-21-17-10-7-8-11-19(17)24(2)27(25,26)20-15-16(22)12-13-18(20)21;2-1-3/h7-8,10-13,15,21,23H,3-6,9,14H2,1-2H3;. The number of anilines is 1. The fraction of sp³-hybridized carbons (Fsp3) is 0.409. The Hall–Kier alpha value is -2.18. The van der Waals surface area contributed by atoms with Crippen molar-refractivity contribution in [1.82, 2.24) is 5.32 Å². The molecule has 1 heterocycles. The molecule has 0 spiro atoms. The summed E-state index contributed by atoms with van der Waals surface area (Å²) in [6.07, 6.45) is 6.23. The molecule has 0 fully saturated rings. The highest BCUT2D eigenvalue weighted by Crippen LogP contribution is 2.40. The molecular weight excluding hydrogens is 424 g/mol. The predicted molar refractivity (Wildman–Crippen MR) is 117 cm³/mol. The molecule has 0 bridgehead atoms. The average molecular weight is 451 g/mol. The minimum absolute atomic E-state index is 0.181. The largest absolute Gasteiger partial charge is 0.373 e. The number of sulfonamides is 1. The Morgan fingerprint density at radius 2 is 1.70 bits per heavy atom. The van der Waals surface area contributed by atoms with Crippen LogP contribution in [0.3, 0.4) is 0 Å². The second kappa shape index (κ2) is 11.3. The summed E-state index contributed by atoms with van der Waals surface area (Å²) < 4.78 is 27.7. The molecule has 8 heteroatoms. The van der Waals surface area contributed by atoms with E-state index in [1.54, 1.807) is 19.2 Å². The highest BCUT2D eigenvalue weighted by atomic mass is 35.5. The van der Waals surface area contributed by atoms with Crippen LogP contribution in [0.1, 0.15) is 56.2 Å². The maximum absolute atomic E-state index is 13.2. The van der Waals surface area contributed by atoms with Gasteiger partial charge < -0.3 is 5.32 Å². The number of carbonyl (C=O) groups excluding carboxylic acids is 2. The summed E-state index contributed by atoms with van der Waals surface area (Å²) in [6.45, 7) is 3.05. The van der Waals surface area contributed by atoms with Crippen LogP contribution >= 0.6 is 11.6 Å². The first kappa shape index (κ1) is 24.1. The van der Waals surface area contributed by atoms with Gasteiger partial charge in [0.15, 0.2) is 0 Å². The van der Waals surface area contributed by atoms with Crippen molar-refractivity contribution >= 4 is 33.5 Å². The van der Waals surface area contributed by atoms with Crippen molar-refractivity contribution in [3.8, 4) is 0 Å². The van der Waals surface area contributed by atoms with Crippen molar-refractivity contribution in [3.05, 3.63) is 58.6 Å². The van der Waals surface area contributed by atoms with Gasteiger partial charge in [0.1, 0.15) is 0 Å². The predicted octanol–water partition coefficient (Wildman–Crippen LogP) is 4.54. The van der Waals surface area contributed by atoms with Crippen LogP contribution in [0.2, 0.25) is 5.02 Å². The molecule has 1 unspecified atom stereocenters. The molecule has 0 amide bonds. The van der Waals surface area contributed by atoms with Crippen LogP contribution < -0.4 is 9.62 Å². The molecule has 162 valence electrons. The fourth-order valence-electron chi connectivity index (χ4n) is 3.63.